The summed E-state index contributed by atoms with van der Waals surface area (Å²) >= 11 is 0. The zero-order chi connectivity index (χ0) is 8.93. The molecule has 0 bridgehead atoms. The number of hydrogen-bond donors (Lipinski definition) is 1. The molecule has 74 valence electrons. The van der Waals surface area contributed by atoms with Crippen LogP contribution in [0.4, 0.5) is 0 Å². The van der Waals surface area contributed by atoms with Crippen LogP contribution in [0.3, 0.4) is 0 Å². The van der Waals surface area contributed by atoms with Gasteiger partial charge in [0.05, 0.1) is 12.1 Å². The molecule has 0 aromatic heterocycles. The Morgan fingerprint density at radius 3 is 2.38 bits per heavy atom. The average molecular weight is 180 g/mol. The Balaban J connectivity index is 1.72. The van der Waals surface area contributed by atoms with Crippen LogP contribution in [0.1, 0.15) is 51.4 Å². The number of nitrogens with two attached hydrogens (primary N) is 1. The minimum absolute atomic E-state index is 0.910. The van der Waals surface area contributed by atoms with Gasteiger partial charge in [0.2, 0.25) is 0 Å². The minimum Gasteiger partial charge on any atom is -0.341 e. The smallest absolute Gasteiger partial charge is 0.0899 e. The van der Waals surface area contributed by atoms with Gasteiger partial charge in [-0.25, -0.2) is 0 Å². The monoisotopic (exact) mass is 180 g/mol. The van der Waals surface area contributed by atoms with Gasteiger partial charge in [-0.3, -0.25) is 0 Å². The van der Waals surface area contributed by atoms with E-state index in [1.807, 2.05) is 0 Å². The molecule has 1 unspecified atom stereocenters. The van der Waals surface area contributed by atoms with Crippen LogP contribution in [0.25, 0.3) is 0 Å². The van der Waals surface area contributed by atoms with Gasteiger partial charge in [0.25, 0.3) is 0 Å². The zero-order valence-electron chi connectivity index (χ0n) is 8.54. The summed E-state index contributed by atoms with van der Waals surface area (Å²) < 4.78 is 0. The van der Waals surface area contributed by atoms with Crippen molar-refractivity contribution in [1.82, 2.24) is 0 Å². The van der Waals surface area contributed by atoms with Crippen molar-refractivity contribution < 1.29 is 5.32 Å². The molecule has 2 rings (SSSR count). The van der Waals surface area contributed by atoms with Crippen LogP contribution in [-0.2, 0) is 0 Å². The third-order valence-corrected chi connectivity index (χ3v) is 3.50. The Labute approximate surface area is 81.6 Å². The van der Waals surface area contributed by atoms with Crippen molar-refractivity contribution in [2.75, 3.05) is 0 Å². The van der Waals surface area contributed by atoms with Crippen molar-refractivity contribution in [3.8, 4) is 0 Å². The molecule has 1 heteroatoms. The van der Waals surface area contributed by atoms with Crippen LogP contribution in [0, 0.1) is 0 Å². The standard InChI is InChI=1S/C12H21N/c1-3-7-11(8-4-1)13-12-9-5-2-6-10-12/h1,3,11-13H,2,4-10H2/p+1. The lowest BCUT2D eigenvalue weighted by molar-refractivity contribution is -0.724. The summed E-state index contributed by atoms with van der Waals surface area (Å²) in [7, 11) is 0. The van der Waals surface area contributed by atoms with Crippen molar-refractivity contribution in [2.45, 2.75) is 63.5 Å². The molecule has 0 amide bonds. The second-order valence-corrected chi connectivity index (χ2v) is 4.64. The number of hydrogen-bond acceptors (Lipinski definition) is 0. The Kier molecular flexibility index (Phi) is 3.42. The maximum Gasteiger partial charge on any atom is 0.0899 e. The van der Waals surface area contributed by atoms with E-state index in [1.54, 1.807) is 0 Å². The average Bonchev–Trinajstić information content (AvgIpc) is 2.21. The first kappa shape index (κ1) is 9.26. The Morgan fingerprint density at radius 1 is 0.846 bits per heavy atom. The molecule has 1 nitrogen and oxygen atoms in total. The van der Waals surface area contributed by atoms with Crippen molar-refractivity contribution in [3.05, 3.63) is 12.2 Å². The molecule has 0 saturated heterocycles. The molecule has 1 fully saturated rings. The first-order valence-corrected chi connectivity index (χ1v) is 5.95. The third-order valence-electron chi connectivity index (χ3n) is 3.50. The predicted octanol–water partition coefficient (Wildman–Crippen LogP) is 1.99. The van der Waals surface area contributed by atoms with Gasteiger partial charge in [-0.05, 0) is 32.1 Å². The van der Waals surface area contributed by atoms with Crippen molar-refractivity contribution in [2.24, 2.45) is 0 Å². The molecule has 0 spiro atoms. The third kappa shape index (κ3) is 2.84. The molecule has 1 saturated carbocycles. The lowest BCUT2D eigenvalue weighted by atomic mass is 9.93. The van der Waals surface area contributed by atoms with E-state index in [2.05, 4.69) is 17.5 Å². The van der Waals surface area contributed by atoms with E-state index in [-0.39, 0.29) is 0 Å². The van der Waals surface area contributed by atoms with E-state index in [0.717, 1.165) is 12.1 Å². The quantitative estimate of drug-likeness (QED) is 0.626. The van der Waals surface area contributed by atoms with Crippen LogP contribution in [0.5, 0.6) is 0 Å². The van der Waals surface area contributed by atoms with Crippen LogP contribution in [0.15, 0.2) is 12.2 Å². The van der Waals surface area contributed by atoms with E-state index in [9.17, 15) is 0 Å². The molecule has 0 heterocycles. The van der Waals surface area contributed by atoms with Gasteiger partial charge >= 0.3 is 0 Å². The lowest BCUT2D eigenvalue weighted by Gasteiger charge is -2.25. The Bertz CT molecular complexity index is 168. The molecular weight excluding hydrogens is 158 g/mol. The lowest BCUT2D eigenvalue weighted by Crippen LogP contribution is -2.95. The topological polar surface area (TPSA) is 16.6 Å². The highest BCUT2D eigenvalue weighted by atomic mass is 14.9. The first-order valence-electron chi connectivity index (χ1n) is 5.95. The molecule has 0 aliphatic heterocycles. The van der Waals surface area contributed by atoms with Crippen molar-refractivity contribution >= 4 is 0 Å². The van der Waals surface area contributed by atoms with Crippen LogP contribution < -0.4 is 5.32 Å². The Morgan fingerprint density at radius 2 is 1.69 bits per heavy atom. The summed E-state index contributed by atoms with van der Waals surface area (Å²) in [4.78, 5) is 0. The first-order chi connectivity index (χ1) is 6.45. The fourth-order valence-electron chi connectivity index (χ4n) is 2.70. The summed E-state index contributed by atoms with van der Waals surface area (Å²) in [6.45, 7) is 0. The molecular formula is C12H22N+. The molecule has 0 aromatic carbocycles. The molecule has 1 atom stereocenters. The molecule has 2 aliphatic carbocycles. The maximum atomic E-state index is 2.67. The van der Waals surface area contributed by atoms with E-state index in [4.69, 9.17) is 0 Å². The van der Waals surface area contributed by atoms with Crippen molar-refractivity contribution in [1.29, 1.82) is 0 Å². The van der Waals surface area contributed by atoms with E-state index < -0.39 is 0 Å². The minimum atomic E-state index is 0.910. The number of quaternary nitrogens is 1. The second kappa shape index (κ2) is 4.80. The number of rotatable bonds is 2. The SMILES string of the molecule is C1=CCC([NH2+]C2CCCCC2)CC1. The zero-order valence-corrected chi connectivity index (χ0v) is 8.54. The van der Waals surface area contributed by atoms with Gasteiger partial charge in [-0.15, -0.1) is 0 Å². The molecule has 2 aliphatic rings. The summed E-state index contributed by atoms with van der Waals surface area (Å²) in [5.41, 5.74) is 0. The highest BCUT2D eigenvalue weighted by Crippen LogP contribution is 2.16. The Hall–Kier alpha value is -0.300. The van der Waals surface area contributed by atoms with Crippen molar-refractivity contribution in [3.63, 3.8) is 0 Å². The molecule has 0 aromatic rings. The highest BCUT2D eigenvalue weighted by molar-refractivity contribution is 4.89. The predicted molar refractivity (Wildman–Crippen MR) is 55.6 cm³/mol. The number of allylic oxidation sites excluding steroid dienone is 1. The summed E-state index contributed by atoms with van der Waals surface area (Å²) in [5.74, 6) is 0. The fourth-order valence-corrected chi connectivity index (χ4v) is 2.70. The van der Waals surface area contributed by atoms with Gasteiger partial charge < -0.3 is 5.32 Å². The summed E-state index contributed by atoms with van der Waals surface area (Å²) in [6.07, 6.45) is 16.1. The molecule has 13 heavy (non-hydrogen) atoms. The summed E-state index contributed by atoms with van der Waals surface area (Å²) in [5, 5.41) is 2.67. The molecule has 0 radical (unpaired) electrons. The normalized spacial score (nSPS) is 30.6. The van der Waals surface area contributed by atoms with Gasteiger partial charge in [-0.2, -0.15) is 0 Å². The van der Waals surface area contributed by atoms with Gasteiger partial charge in [-0.1, -0.05) is 18.6 Å². The fraction of sp³-hybridized carbons (Fsp3) is 0.833. The van der Waals surface area contributed by atoms with E-state index in [1.165, 1.54) is 51.4 Å². The van der Waals surface area contributed by atoms with Crippen LogP contribution in [0.2, 0.25) is 0 Å². The van der Waals surface area contributed by atoms with E-state index >= 15 is 0 Å². The van der Waals surface area contributed by atoms with Gasteiger partial charge in [0.15, 0.2) is 0 Å². The van der Waals surface area contributed by atoms with Crippen LogP contribution in [-0.4, -0.2) is 12.1 Å². The van der Waals surface area contributed by atoms with Gasteiger partial charge in [0, 0.05) is 12.8 Å². The summed E-state index contributed by atoms with van der Waals surface area (Å²) in [6, 6.07) is 1.87. The van der Waals surface area contributed by atoms with E-state index in [0.29, 0.717) is 0 Å². The second-order valence-electron chi connectivity index (χ2n) is 4.64. The molecule has 2 N–H and O–H groups in total. The largest absolute Gasteiger partial charge is 0.341 e. The maximum absolute atomic E-state index is 2.67. The highest BCUT2D eigenvalue weighted by Gasteiger charge is 2.21. The van der Waals surface area contributed by atoms with Gasteiger partial charge in [0.1, 0.15) is 0 Å². The van der Waals surface area contributed by atoms with Crippen LogP contribution >= 0.6 is 0 Å².